The molecule has 0 radical (unpaired) electrons. The molecule has 1 aliphatic rings. The fourth-order valence-electron chi connectivity index (χ4n) is 3.42. The van der Waals surface area contributed by atoms with Crippen LogP contribution >= 0.6 is 7.75 Å². The van der Waals surface area contributed by atoms with Crippen molar-refractivity contribution >= 4 is 13.7 Å². The Hall–Kier alpha value is -2.90. The first-order valence-corrected chi connectivity index (χ1v) is 12.4. The van der Waals surface area contributed by atoms with Gasteiger partial charge >= 0.3 is 19.4 Å². The zero-order valence-electron chi connectivity index (χ0n) is 19.6. The largest absolute Gasteiger partial charge is 0.465 e. The summed E-state index contributed by atoms with van der Waals surface area (Å²) in [4.78, 5) is 37.4. The number of H-pyrrole nitrogens is 1. The third-order valence-electron chi connectivity index (χ3n) is 5.26. The average molecular weight is 533 g/mol. The molecule has 2 aromatic rings. The van der Waals surface area contributed by atoms with E-state index in [9.17, 15) is 28.4 Å². The van der Waals surface area contributed by atoms with Crippen molar-refractivity contribution in [3.8, 4) is 5.75 Å². The number of aliphatic hydroxyl groups excluding tert-OH is 1. The number of hydrogen-bond acceptors (Lipinski definition) is 9. The molecule has 12 nitrogen and oxygen atoms in total. The second-order valence-corrected chi connectivity index (χ2v) is 9.78. The number of ether oxygens (including phenoxy) is 2. The van der Waals surface area contributed by atoms with Gasteiger partial charge in [-0.1, -0.05) is 0 Å². The van der Waals surface area contributed by atoms with Gasteiger partial charge in [0.2, 0.25) is 0 Å². The molecule has 3 N–H and O–H groups in total. The number of hydrogen-bond donors (Lipinski definition) is 3. The van der Waals surface area contributed by atoms with Gasteiger partial charge in [-0.2, -0.15) is 5.09 Å². The van der Waals surface area contributed by atoms with Crippen molar-refractivity contribution in [2.75, 3.05) is 13.2 Å². The summed E-state index contributed by atoms with van der Waals surface area (Å²) in [5.41, 5.74) is -4.21. The average Bonchev–Trinajstić information content (AvgIpc) is 3.03. The fourth-order valence-corrected chi connectivity index (χ4v) is 4.92. The summed E-state index contributed by atoms with van der Waals surface area (Å²) in [5, 5.41) is 12.9. The van der Waals surface area contributed by atoms with Crippen LogP contribution in [0.3, 0.4) is 0 Å². The number of carbonyl (C=O) groups excluding carboxylic acids is 1. The molecule has 3 rings (SSSR count). The molecular formula is C21H26F2N3O9P. The fraction of sp³-hybridized carbons (Fsp3) is 0.476. The highest BCUT2D eigenvalue weighted by Crippen LogP contribution is 2.47. The van der Waals surface area contributed by atoms with Gasteiger partial charge in [0, 0.05) is 12.3 Å². The van der Waals surface area contributed by atoms with Gasteiger partial charge in [0.25, 0.3) is 5.56 Å². The van der Waals surface area contributed by atoms with E-state index >= 15 is 4.39 Å². The van der Waals surface area contributed by atoms with Gasteiger partial charge in [-0.3, -0.25) is 23.7 Å². The number of aromatic nitrogens is 2. The maximum absolute atomic E-state index is 15.4. The maximum atomic E-state index is 15.4. The van der Waals surface area contributed by atoms with Crippen LogP contribution in [0, 0.1) is 5.82 Å². The first kappa shape index (κ1) is 27.7. The van der Waals surface area contributed by atoms with Gasteiger partial charge in [-0.25, -0.2) is 18.1 Å². The monoisotopic (exact) mass is 533 g/mol. The summed E-state index contributed by atoms with van der Waals surface area (Å²) in [6.07, 6.45) is -3.96. The van der Waals surface area contributed by atoms with Gasteiger partial charge < -0.3 is 19.1 Å². The summed E-state index contributed by atoms with van der Waals surface area (Å²) >= 11 is 0. The lowest BCUT2D eigenvalue weighted by atomic mass is 9.98. The molecule has 15 heteroatoms. The number of rotatable bonds is 10. The second-order valence-electron chi connectivity index (χ2n) is 8.08. The highest BCUT2D eigenvalue weighted by molar-refractivity contribution is 7.52. The molecule has 1 fully saturated rings. The number of halogens is 2. The number of aromatic amines is 1. The van der Waals surface area contributed by atoms with E-state index in [0.717, 1.165) is 35.9 Å². The molecule has 1 saturated heterocycles. The van der Waals surface area contributed by atoms with Crippen molar-refractivity contribution in [1.82, 2.24) is 14.6 Å². The molecular weight excluding hydrogens is 507 g/mol. The number of alkyl halides is 1. The zero-order valence-corrected chi connectivity index (χ0v) is 20.4. The van der Waals surface area contributed by atoms with Gasteiger partial charge in [0.15, 0.2) is 11.9 Å². The van der Waals surface area contributed by atoms with E-state index in [1.54, 1.807) is 6.92 Å². The Bertz CT molecular complexity index is 1230. The van der Waals surface area contributed by atoms with E-state index in [0.29, 0.717) is 0 Å². The summed E-state index contributed by atoms with van der Waals surface area (Å²) in [7, 11) is -4.42. The van der Waals surface area contributed by atoms with Crippen LogP contribution in [0.2, 0.25) is 0 Å². The first-order valence-electron chi connectivity index (χ1n) is 10.8. The lowest BCUT2D eigenvalue weighted by Gasteiger charge is -2.25. The molecule has 0 spiro atoms. The smallest absolute Gasteiger partial charge is 0.459 e. The van der Waals surface area contributed by atoms with Gasteiger partial charge in [0.05, 0.1) is 13.2 Å². The molecule has 1 aromatic heterocycles. The van der Waals surface area contributed by atoms with Gasteiger partial charge in [0.1, 0.15) is 29.8 Å². The van der Waals surface area contributed by atoms with E-state index in [-0.39, 0.29) is 12.4 Å². The number of nitrogens with one attached hydrogen (secondary N) is 2. The number of carbonyl (C=O) groups is 1. The van der Waals surface area contributed by atoms with Crippen molar-refractivity contribution in [2.24, 2.45) is 0 Å². The molecule has 36 heavy (non-hydrogen) atoms. The van der Waals surface area contributed by atoms with Crippen LogP contribution in [0.1, 0.15) is 27.0 Å². The van der Waals surface area contributed by atoms with Crippen molar-refractivity contribution in [3.63, 3.8) is 0 Å². The predicted octanol–water partition coefficient (Wildman–Crippen LogP) is 1.41. The van der Waals surface area contributed by atoms with Crippen LogP contribution in [-0.2, 0) is 23.4 Å². The first-order chi connectivity index (χ1) is 16.9. The molecule has 198 valence electrons. The molecule has 6 atom stereocenters. The highest BCUT2D eigenvalue weighted by Gasteiger charge is 2.55. The summed E-state index contributed by atoms with van der Waals surface area (Å²) in [6.45, 7) is 3.23. The maximum Gasteiger partial charge on any atom is 0.459 e. The van der Waals surface area contributed by atoms with E-state index in [4.69, 9.17) is 18.5 Å². The molecule has 0 saturated carbocycles. The predicted molar refractivity (Wildman–Crippen MR) is 121 cm³/mol. The molecule has 1 aliphatic heterocycles. The third-order valence-corrected chi connectivity index (χ3v) is 6.90. The SMILES string of the molecule is CCOC(=O)[C@H](C)NP(=O)(OC[C@H]1O[C@@H](n2ccc(=O)[nH]c2=O)[C@](C)(F)[C@@H]1O)Oc1ccc(F)cc1. The highest BCUT2D eigenvalue weighted by atomic mass is 31.2. The Morgan fingerprint density at radius 2 is 2.00 bits per heavy atom. The van der Waals surface area contributed by atoms with Crippen molar-refractivity contribution in [3.05, 3.63) is 63.2 Å². The molecule has 0 bridgehead atoms. The standard InChI is InChI=1S/C21H26F2N3O9P/c1-4-32-18(29)12(2)25-36(31,35-14-7-5-13(22)6-8-14)33-11-15-17(28)21(3,23)19(34-15)26-10-9-16(27)24-20(26)30/h5-10,12,15,17,19,28H,4,11H2,1-3H3,(H,25,31)(H,24,27,30)/t12-,15+,17+,19+,21+,36?/m0/s1. The molecule has 2 heterocycles. The van der Waals surface area contributed by atoms with Gasteiger partial charge in [-0.05, 0) is 45.0 Å². The normalized spacial score (nSPS) is 26.2. The third kappa shape index (κ3) is 6.26. The van der Waals surface area contributed by atoms with Gasteiger partial charge in [-0.15, -0.1) is 0 Å². The van der Waals surface area contributed by atoms with E-state index in [2.05, 4.69) is 5.09 Å². The Labute approximate surface area is 203 Å². The topological polar surface area (TPSA) is 158 Å². The van der Waals surface area contributed by atoms with Crippen molar-refractivity contribution in [2.45, 2.75) is 50.9 Å². The Morgan fingerprint density at radius 1 is 1.33 bits per heavy atom. The minimum Gasteiger partial charge on any atom is -0.465 e. The minimum atomic E-state index is -4.42. The molecule has 1 aromatic carbocycles. The van der Waals surface area contributed by atoms with E-state index in [1.807, 2.05) is 4.98 Å². The molecule has 1 unspecified atom stereocenters. The lowest BCUT2D eigenvalue weighted by molar-refractivity contribution is -0.144. The van der Waals surface area contributed by atoms with Crippen LogP contribution in [0.15, 0.2) is 46.1 Å². The lowest BCUT2D eigenvalue weighted by Crippen LogP contribution is -2.43. The Kier molecular flexibility index (Phi) is 8.47. The van der Waals surface area contributed by atoms with Crippen LogP contribution in [0.4, 0.5) is 8.78 Å². The number of benzene rings is 1. The summed E-state index contributed by atoms with van der Waals surface area (Å²) < 4.78 is 64.0. The Morgan fingerprint density at radius 3 is 2.61 bits per heavy atom. The summed E-state index contributed by atoms with van der Waals surface area (Å²) in [5.74, 6) is -1.43. The number of nitrogens with zero attached hydrogens (tertiary/aromatic N) is 1. The molecule has 0 amide bonds. The van der Waals surface area contributed by atoms with Crippen LogP contribution in [0.25, 0.3) is 0 Å². The zero-order chi connectivity index (χ0) is 26.7. The number of esters is 1. The van der Waals surface area contributed by atoms with E-state index < -0.39 is 67.5 Å². The molecule has 0 aliphatic carbocycles. The summed E-state index contributed by atoms with van der Waals surface area (Å²) in [6, 6.07) is 4.21. The van der Waals surface area contributed by atoms with Crippen molar-refractivity contribution < 1.29 is 41.8 Å². The van der Waals surface area contributed by atoms with Crippen molar-refractivity contribution in [1.29, 1.82) is 0 Å². The number of aliphatic hydroxyl groups is 1. The minimum absolute atomic E-state index is 0.0531. The quantitative estimate of drug-likeness (QED) is 0.301. The second kappa shape index (κ2) is 11.0. The van der Waals surface area contributed by atoms with Crippen LogP contribution < -0.4 is 20.9 Å². The van der Waals surface area contributed by atoms with Crippen LogP contribution in [0.5, 0.6) is 5.75 Å². The van der Waals surface area contributed by atoms with Crippen LogP contribution in [-0.4, -0.2) is 57.8 Å². The Balaban J connectivity index is 1.81. The van der Waals surface area contributed by atoms with E-state index in [1.165, 1.54) is 19.1 Å².